The molecule has 1 unspecified atom stereocenters. The number of ether oxygens (including phenoxy) is 1. The van der Waals surface area contributed by atoms with Gasteiger partial charge in [0.1, 0.15) is 5.75 Å². The molecule has 0 heterocycles. The Morgan fingerprint density at radius 1 is 0.947 bits per heavy atom. The zero-order valence-corrected chi connectivity index (χ0v) is 11.6. The first-order valence-corrected chi connectivity index (χ1v) is 7.80. The number of aryl methyl sites for hydroxylation is 1. The van der Waals surface area contributed by atoms with Crippen LogP contribution in [0.25, 0.3) is 0 Å². The van der Waals surface area contributed by atoms with Crippen molar-refractivity contribution in [2.45, 2.75) is 70.0 Å². The van der Waals surface area contributed by atoms with E-state index in [2.05, 4.69) is 18.2 Å². The van der Waals surface area contributed by atoms with Gasteiger partial charge in [0.05, 0.1) is 12.2 Å². The Morgan fingerprint density at radius 3 is 2.53 bits per heavy atom. The van der Waals surface area contributed by atoms with Crippen LogP contribution in [0.15, 0.2) is 18.2 Å². The lowest BCUT2D eigenvalue weighted by Crippen LogP contribution is -2.16. The molecular formula is C17H24O2. The van der Waals surface area contributed by atoms with Crippen LogP contribution in [-0.2, 0) is 6.42 Å². The van der Waals surface area contributed by atoms with Gasteiger partial charge in [0.15, 0.2) is 0 Å². The highest BCUT2D eigenvalue weighted by atomic mass is 16.5. The fourth-order valence-corrected chi connectivity index (χ4v) is 3.38. The lowest BCUT2D eigenvalue weighted by atomic mass is 9.89. The third-order valence-electron chi connectivity index (χ3n) is 4.50. The van der Waals surface area contributed by atoms with Gasteiger partial charge in [-0.15, -0.1) is 0 Å². The molecule has 0 amide bonds. The summed E-state index contributed by atoms with van der Waals surface area (Å²) in [5.74, 6) is 0.951. The fourth-order valence-electron chi connectivity index (χ4n) is 3.38. The van der Waals surface area contributed by atoms with Gasteiger partial charge in [-0.2, -0.15) is 0 Å². The number of aliphatic hydroxyl groups excluding tert-OH is 1. The molecule has 0 aliphatic heterocycles. The normalized spacial score (nSPS) is 24.6. The van der Waals surface area contributed by atoms with Crippen LogP contribution in [0.3, 0.4) is 0 Å². The Bertz CT molecular complexity index is 419. The third kappa shape index (κ3) is 3.11. The molecule has 2 nitrogen and oxygen atoms in total. The highest BCUT2D eigenvalue weighted by Crippen LogP contribution is 2.33. The monoisotopic (exact) mass is 260 g/mol. The van der Waals surface area contributed by atoms with Crippen LogP contribution in [0, 0.1) is 0 Å². The highest BCUT2D eigenvalue weighted by molar-refractivity contribution is 5.38. The van der Waals surface area contributed by atoms with Crippen molar-refractivity contribution in [3.63, 3.8) is 0 Å². The van der Waals surface area contributed by atoms with Crippen LogP contribution in [-0.4, -0.2) is 11.2 Å². The maximum atomic E-state index is 10.1. The summed E-state index contributed by atoms with van der Waals surface area (Å²) in [5, 5.41) is 10.1. The first kappa shape index (κ1) is 13.0. The molecule has 2 aliphatic carbocycles. The molecule has 1 atom stereocenters. The van der Waals surface area contributed by atoms with Gasteiger partial charge in [-0.25, -0.2) is 0 Å². The second-order valence-corrected chi connectivity index (χ2v) is 6.00. The van der Waals surface area contributed by atoms with E-state index >= 15 is 0 Å². The lowest BCUT2D eigenvalue weighted by molar-refractivity contribution is 0.153. The number of hydrogen-bond donors (Lipinski definition) is 1. The Balaban J connectivity index is 1.72. The van der Waals surface area contributed by atoms with Crippen LogP contribution < -0.4 is 4.74 Å². The number of benzene rings is 1. The third-order valence-corrected chi connectivity index (χ3v) is 4.50. The van der Waals surface area contributed by atoms with E-state index in [1.807, 2.05) is 0 Å². The van der Waals surface area contributed by atoms with E-state index in [9.17, 15) is 5.11 Å². The molecule has 0 aromatic heterocycles. The number of fused-ring (bicyclic) bond motifs is 1. The van der Waals surface area contributed by atoms with E-state index in [1.54, 1.807) is 0 Å². The largest absolute Gasteiger partial charge is 0.490 e. The van der Waals surface area contributed by atoms with Crippen molar-refractivity contribution in [3.05, 3.63) is 29.3 Å². The summed E-state index contributed by atoms with van der Waals surface area (Å²) in [4.78, 5) is 0. The fraction of sp³-hybridized carbons (Fsp3) is 0.647. The van der Waals surface area contributed by atoms with Crippen LogP contribution in [0.5, 0.6) is 5.75 Å². The maximum absolute atomic E-state index is 10.1. The molecule has 3 rings (SSSR count). The average molecular weight is 260 g/mol. The van der Waals surface area contributed by atoms with Gasteiger partial charge in [0, 0.05) is 0 Å². The molecule has 0 spiro atoms. The summed E-state index contributed by atoms with van der Waals surface area (Å²) >= 11 is 0. The van der Waals surface area contributed by atoms with Gasteiger partial charge in [-0.1, -0.05) is 18.9 Å². The molecule has 2 heteroatoms. The predicted octanol–water partition coefficient (Wildman–Crippen LogP) is 4.16. The molecule has 1 fully saturated rings. The molecule has 1 aromatic rings. The van der Waals surface area contributed by atoms with E-state index in [1.165, 1.54) is 44.1 Å². The van der Waals surface area contributed by atoms with Crippen molar-refractivity contribution in [1.29, 1.82) is 0 Å². The summed E-state index contributed by atoms with van der Waals surface area (Å²) < 4.78 is 6.14. The summed E-state index contributed by atoms with van der Waals surface area (Å²) in [7, 11) is 0. The minimum Gasteiger partial charge on any atom is -0.490 e. The SMILES string of the molecule is OC1CCCc2ccc(OC3CCCCCC3)cc21. The van der Waals surface area contributed by atoms with E-state index in [0.29, 0.717) is 6.10 Å². The van der Waals surface area contributed by atoms with Gasteiger partial charge in [-0.05, 0) is 68.2 Å². The quantitative estimate of drug-likeness (QED) is 0.809. The van der Waals surface area contributed by atoms with Crippen LogP contribution in [0.1, 0.15) is 68.6 Å². The summed E-state index contributed by atoms with van der Waals surface area (Å²) in [6, 6.07) is 6.30. The summed E-state index contributed by atoms with van der Waals surface area (Å²) in [5.41, 5.74) is 2.39. The van der Waals surface area contributed by atoms with Crippen LogP contribution in [0.2, 0.25) is 0 Å². The first-order chi connectivity index (χ1) is 9.33. The molecule has 1 aromatic carbocycles. The van der Waals surface area contributed by atoms with Crippen molar-refractivity contribution in [2.24, 2.45) is 0 Å². The topological polar surface area (TPSA) is 29.5 Å². The van der Waals surface area contributed by atoms with Crippen molar-refractivity contribution in [2.75, 3.05) is 0 Å². The van der Waals surface area contributed by atoms with Crippen molar-refractivity contribution >= 4 is 0 Å². The Hall–Kier alpha value is -1.02. The predicted molar refractivity (Wildman–Crippen MR) is 76.5 cm³/mol. The smallest absolute Gasteiger partial charge is 0.120 e. The number of aliphatic hydroxyl groups is 1. The highest BCUT2D eigenvalue weighted by Gasteiger charge is 2.19. The van der Waals surface area contributed by atoms with Crippen molar-refractivity contribution in [3.8, 4) is 5.75 Å². The Morgan fingerprint density at radius 2 is 1.74 bits per heavy atom. The summed E-state index contributed by atoms with van der Waals surface area (Å²) in [6.45, 7) is 0. The molecule has 19 heavy (non-hydrogen) atoms. The van der Waals surface area contributed by atoms with Gasteiger partial charge in [0.25, 0.3) is 0 Å². The molecule has 1 N–H and O–H groups in total. The van der Waals surface area contributed by atoms with E-state index in [0.717, 1.165) is 30.6 Å². The zero-order chi connectivity index (χ0) is 13.1. The Labute approximate surface area is 115 Å². The molecule has 2 aliphatic rings. The molecule has 0 saturated heterocycles. The van der Waals surface area contributed by atoms with Gasteiger partial charge in [-0.3, -0.25) is 0 Å². The minimum atomic E-state index is -0.290. The van der Waals surface area contributed by atoms with Gasteiger partial charge >= 0.3 is 0 Å². The van der Waals surface area contributed by atoms with Gasteiger partial charge < -0.3 is 9.84 Å². The van der Waals surface area contributed by atoms with Gasteiger partial charge in [0.2, 0.25) is 0 Å². The lowest BCUT2D eigenvalue weighted by Gasteiger charge is -2.23. The van der Waals surface area contributed by atoms with Crippen LogP contribution >= 0.6 is 0 Å². The first-order valence-electron chi connectivity index (χ1n) is 7.80. The van der Waals surface area contributed by atoms with Crippen molar-refractivity contribution < 1.29 is 9.84 Å². The molecular weight excluding hydrogens is 236 g/mol. The van der Waals surface area contributed by atoms with Crippen molar-refractivity contribution in [1.82, 2.24) is 0 Å². The van der Waals surface area contributed by atoms with Crippen LogP contribution in [0.4, 0.5) is 0 Å². The summed E-state index contributed by atoms with van der Waals surface area (Å²) in [6.07, 6.45) is 10.8. The zero-order valence-electron chi connectivity index (χ0n) is 11.6. The van der Waals surface area contributed by atoms with E-state index in [-0.39, 0.29) is 6.10 Å². The Kier molecular flexibility index (Phi) is 4.07. The number of rotatable bonds is 2. The molecule has 1 saturated carbocycles. The van der Waals surface area contributed by atoms with E-state index < -0.39 is 0 Å². The standard InChI is InChI=1S/C17H24O2/c18-17-9-5-6-13-10-11-15(12-16(13)17)19-14-7-3-1-2-4-8-14/h10-12,14,17-18H,1-9H2. The maximum Gasteiger partial charge on any atom is 0.120 e. The molecule has 0 bridgehead atoms. The minimum absolute atomic E-state index is 0.290. The second-order valence-electron chi connectivity index (χ2n) is 6.00. The second kappa shape index (κ2) is 5.96. The van der Waals surface area contributed by atoms with E-state index in [4.69, 9.17) is 4.74 Å². The number of hydrogen-bond acceptors (Lipinski definition) is 2. The molecule has 0 radical (unpaired) electrons. The molecule has 104 valence electrons. The average Bonchev–Trinajstić information content (AvgIpc) is 2.68.